The fourth-order valence-electron chi connectivity index (χ4n) is 1.65. The number of carbonyl (C=O) groups is 1. The maximum absolute atomic E-state index is 12.1. The quantitative estimate of drug-likeness (QED) is 0.767. The highest BCUT2D eigenvalue weighted by Gasteiger charge is 2.16. The molecular weight excluding hydrogens is 186 g/mol. The Hall–Kier alpha value is -1.15. The minimum absolute atomic E-state index is 0.0236. The molecule has 1 aromatic rings. The summed E-state index contributed by atoms with van der Waals surface area (Å²) in [5.74, 6) is 0.233. The lowest BCUT2D eigenvalue weighted by Crippen LogP contribution is -2.16. The number of nitrogens with two attached hydrogens (primary N) is 1. The topological polar surface area (TPSA) is 43.1 Å². The van der Waals surface area contributed by atoms with Gasteiger partial charge in [0.25, 0.3) is 0 Å². The minimum Gasteiger partial charge on any atom is -0.330 e. The van der Waals surface area contributed by atoms with Crippen molar-refractivity contribution < 1.29 is 4.79 Å². The molecule has 0 radical (unpaired) electrons. The first-order valence-electron chi connectivity index (χ1n) is 5.37. The zero-order valence-electron chi connectivity index (χ0n) is 9.71. The Bertz CT molecular complexity index is 358. The van der Waals surface area contributed by atoms with Gasteiger partial charge in [0.15, 0.2) is 5.78 Å². The second-order valence-corrected chi connectivity index (χ2v) is 4.16. The molecule has 0 aliphatic carbocycles. The summed E-state index contributed by atoms with van der Waals surface area (Å²) in [6, 6.07) is 5.99. The molecule has 1 aromatic carbocycles. The van der Waals surface area contributed by atoms with Crippen LogP contribution in [0.2, 0.25) is 0 Å². The van der Waals surface area contributed by atoms with E-state index in [1.807, 2.05) is 39.0 Å². The molecule has 0 amide bonds. The predicted molar refractivity (Wildman–Crippen MR) is 63.1 cm³/mol. The molecule has 2 N–H and O–H groups in total. The Morgan fingerprint density at radius 2 is 2.07 bits per heavy atom. The van der Waals surface area contributed by atoms with E-state index in [-0.39, 0.29) is 11.7 Å². The van der Waals surface area contributed by atoms with Crippen molar-refractivity contribution in [2.24, 2.45) is 11.7 Å². The predicted octanol–water partition coefficient (Wildman–Crippen LogP) is 2.47. The highest BCUT2D eigenvalue weighted by Crippen LogP contribution is 2.17. The molecular formula is C13H19NO. The van der Waals surface area contributed by atoms with Crippen LogP contribution in [0.3, 0.4) is 0 Å². The minimum atomic E-state index is 0.0236. The van der Waals surface area contributed by atoms with Gasteiger partial charge >= 0.3 is 0 Å². The summed E-state index contributed by atoms with van der Waals surface area (Å²) < 4.78 is 0. The number of rotatable bonds is 4. The van der Waals surface area contributed by atoms with Crippen molar-refractivity contribution in [2.75, 3.05) is 6.54 Å². The molecule has 1 atom stereocenters. The van der Waals surface area contributed by atoms with Crippen molar-refractivity contribution in [3.63, 3.8) is 0 Å². The fourth-order valence-corrected chi connectivity index (χ4v) is 1.65. The molecule has 0 aliphatic heterocycles. The summed E-state index contributed by atoms with van der Waals surface area (Å²) in [6.45, 7) is 6.49. The van der Waals surface area contributed by atoms with E-state index in [2.05, 4.69) is 0 Å². The van der Waals surface area contributed by atoms with Gasteiger partial charge in [0.1, 0.15) is 0 Å². The van der Waals surface area contributed by atoms with Crippen LogP contribution in [0.15, 0.2) is 18.2 Å². The van der Waals surface area contributed by atoms with Crippen LogP contribution in [-0.4, -0.2) is 12.3 Å². The Morgan fingerprint density at radius 1 is 1.40 bits per heavy atom. The van der Waals surface area contributed by atoms with Crippen LogP contribution in [-0.2, 0) is 0 Å². The molecule has 0 heterocycles. The van der Waals surface area contributed by atoms with Gasteiger partial charge in [0.2, 0.25) is 0 Å². The van der Waals surface area contributed by atoms with Crippen LogP contribution in [0.1, 0.15) is 34.8 Å². The third-order valence-electron chi connectivity index (χ3n) is 2.71. The number of Topliss-reactive ketones (excluding diaryl/α,β-unsaturated/α-hetero) is 1. The van der Waals surface area contributed by atoms with E-state index in [0.29, 0.717) is 6.54 Å². The van der Waals surface area contributed by atoms with Gasteiger partial charge in [-0.2, -0.15) is 0 Å². The first-order valence-corrected chi connectivity index (χ1v) is 5.37. The molecule has 2 nitrogen and oxygen atoms in total. The van der Waals surface area contributed by atoms with E-state index in [1.165, 1.54) is 0 Å². The second kappa shape index (κ2) is 5.08. The number of aryl methyl sites for hydroxylation is 2. The van der Waals surface area contributed by atoms with Crippen molar-refractivity contribution in [2.45, 2.75) is 27.2 Å². The molecule has 0 aliphatic rings. The van der Waals surface area contributed by atoms with Crippen molar-refractivity contribution >= 4 is 5.78 Å². The lowest BCUT2D eigenvalue weighted by Gasteiger charge is -2.11. The third kappa shape index (κ3) is 2.90. The first-order chi connectivity index (χ1) is 7.06. The number of benzene rings is 1. The van der Waals surface area contributed by atoms with Gasteiger partial charge in [-0.3, -0.25) is 4.79 Å². The Kier molecular flexibility index (Phi) is 4.04. The van der Waals surface area contributed by atoms with Crippen LogP contribution >= 0.6 is 0 Å². The molecule has 0 spiro atoms. The van der Waals surface area contributed by atoms with E-state index in [4.69, 9.17) is 5.73 Å². The summed E-state index contributed by atoms with van der Waals surface area (Å²) in [7, 11) is 0. The number of ketones is 1. The molecule has 0 bridgehead atoms. The van der Waals surface area contributed by atoms with Crippen molar-refractivity contribution in [1.29, 1.82) is 0 Å². The molecule has 1 unspecified atom stereocenters. The van der Waals surface area contributed by atoms with E-state index in [1.54, 1.807) is 0 Å². The van der Waals surface area contributed by atoms with Gasteiger partial charge < -0.3 is 5.73 Å². The van der Waals surface area contributed by atoms with Crippen LogP contribution < -0.4 is 5.73 Å². The second-order valence-electron chi connectivity index (χ2n) is 4.16. The summed E-state index contributed by atoms with van der Waals surface area (Å²) in [6.07, 6.45) is 0.756. The molecule has 0 saturated carbocycles. The van der Waals surface area contributed by atoms with Crippen molar-refractivity contribution in [3.8, 4) is 0 Å². The Balaban J connectivity index is 2.95. The maximum atomic E-state index is 12.1. The number of hydrogen-bond acceptors (Lipinski definition) is 2. The lowest BCUT2D eigenvalue weighted by atomic mass is 9.92. The van der Waals surface area contributed by atoms with Crippen LogP contribution in [0.25, 0.3) is 0 Å². The Morgan fingerprint density at radius 3 is 2.67 bits per heavy atom. The number of carbonyl (C=O) groups excluding carboxylic acids is 1. The molecule has 82 valence electrons. The molecule has 2 heteroatoms. The van der Waals surface area contributed by atoms with Crippen LogP contribution in [0.4, 0.5) is 0 Å². The highest BCUT2D eigenvalue weighted by molar-refractivity contribution is 5.99. The van der Waals surface area contributed by atoms with Crippen LogP contribution in [0.5, 0.6) is 0 Å². The van der Waals surface area contributed by atoms with Crippen molar-refractivity contribution in [3.05, 3.63) is 34.9 Å². The zero-order chi connectivity index (χ0) is 11.4. The van der Waals surface area contributed by atoms with E-state index in [9.17, 15) is 4.79 Å². The summed E-state index contributed by atoms with van der Waals surface area (Å²) in [4.78, 5) is 12.1. The van der Waals surface area contributed by atoms with Gasteiger partial charge in [0.05, 0.1) is 0 Å². The van der Waals surface area contributed by atoms with Gasteiger partial charge in [-0.05, 0) is 38.4 Å². The third-order valence-corrected chi connectivity index (χ3v) is 2.71. The van der Waals surface area contributed by atoms with E-state index >= 15 is 0 Å². The zero-order valence-corrected chi connectivity index (χ0v) is 9.71. The van der Waals surface area contributed by atoms with E-state index in [0.717, 1.165) is 23.1 Å². The van der Waals surface area contributed by atoms with Crippen LogP contribution in [0, 0.1) is 19.8 Å². The summed E-state index contributed by atoms with van der Waals surface area (Å²) in [5, 5.41) is 0. The molecule has 0 aromatic heterocycles. The average Bonchev–Trinajstić information content (AvgIpc) is 2.21. The maximum Gasteiger partial charge on any atom is 0.165 e. The van der Waals surface area contributed by atoms with E-state index < -0.39 is 0 Å². The largest absolute Gasteiger partial charge is 0.330 e. The normalized spacial score (nSPS) is 12.5. The smallest absolute Gasteiger partial charge is 0.165 e. The summed E-state index contributed by atoms with van der Waals surface area (Å²) >= 11 is 0. The Labute approximate surface area is 91.5 Å². The molecule has 15 heavy (non-hydrogen) atoms. The first kappa shape index (κ1) is 11.9. The summed E-state index contributed by atoms with van der Waals surface area (Å²) in [5.41, 5.74) is 8.48. The number of hydrogen-bond donors (Lipinski definition) is 1. The monoisotopic (exact) mass is 205 g/mol. The SMILES string of the molecule is Cc1ccc(C)c(C(=O)C(C)CCN)c1. The molecule has 0 saturated heterocycles. The van der Waals surface area contributed by atoms with Crippen molar-refractivity contribution in [1.82, 2.24) is 0 Å². The van der Waals surface area contributed by atoms with Gasteiger partial charge in [-0.25, -0.2) is 0 Å². The molecule has 0 fully saturated rings. The highest BCUT2D eigenvalue weighted by atomic mass is 16.1. The fraction of sp³-hybridized carbons (Fsp3) is 0.462. The molecule has 1 rings (SSSR count). The standard InChI is InChI=1S/C13H19NO/c1-9-4-5-10(2)12(8-9)13(15)11(3)6-7-14/h4-5,8,11H,6-7,14H2,1-3H3. The lowest BCUT2D eigenvalue weighted by molar-refractivity contribution is 0.0925. The average molecular weight is 205 g/mol. The van der Waals surface area contributed by atoms with Gasteiger partial charge in [0, 0.05) is 11.5 Å². The van der Waals surface area contributed by atoms with Gasteiger partial charge in [-0.1, -0.05) is 24.6 Å². The van der Waals surface area contributed by atoms with Gasteiger partial charge in [-0.15, -0.1) is 0 Å².